The topological polar surface area (TPSA) is 20.3 Å². The predicted molar refractivity (Wildman–Crippen MR) is 78.4 cm³/mol. The quantitative estimate of drug-likeness (QED) is 0.787. The number of carbonyl (C=O) groups excluding carboxylic acids is 1. The van der Waals surface area contributed by atoms with Crippen LogP contribution in [-0.4, -0.2) is 17.2 Å². The Labute approximate surface area is 119 Å². The minimum absolute atomic E-state index is 0.0548. The van der Waals surface area contributed by atoms with E-state index >= 15 is 0 Å². The lowest BCUT2D eigenvalue weighted by molar-refractivity contribution is -0.128. The van der Waals surface area contributed by atoms with Crippen LogP contribution >= 0.6 is 0 Å². The monoisotopic (exact) mass is 263 g/mol. The average molecular weight is 263 g/mol. The van der Waals surface area contributed by atoms with Crippen LogP contribution in [-0.2, 0) is 11.3 Å². The zero-order valence-corrected chi connectivity index (χ0v) is 11.3. The van der Waals surface area contributed by atoms with Crippen molar-refractivity contribution in [1.82, 2.24) is 4.90 Å². The lowest BCUT2D eigenvalue weighted by Crippen LogP contribution is -2.45. The number of hydrogen-bond acceptors (Lipinski definition) is 2. The van der Waals surface area contributed by atoms with E-state index in [9.17, 15) is 4.79 Å². The number of piperidine rings is 1. The highest BCUT2D eigenvalue weighted by Crippen LogP contribution is 2.41. The molecule has 0 amide bonds. The Morgan fingerprint density at radius 1 is 0.950 bits per heavy atom. The van der Waals surface area contributed by atoms with Crippen LogP contribution in [0.5, 0.6) is 0 Å². The minimum Gasteiger partial charge on any atom is -0.298 e. The molecule has 2 heterocycles. The summed E-state index contributed by atoms with van der Waals surface area (Å²) in [6, 6.07) is 18.7. The van der Waals surface area contributed by atoms with Crippen LogP contribution in [0.25, 0.3) is 0 Å². The number of hydrogen-bond donors (Lipinski definition) is 0. The smallest absolute Gasteiger partial charge is 0.155 e. The van der Waals surface area contributed by atoms with E-state index in [1.165, 1.54) is 11.1 Å². The summed E-state index contributed by atoms with van der Waals surface area (Å²) >= 11 is 0. The fourth-order valence-electron chi connectivity index (χ4n) is 3.70. The first kappa shape index (κ1) is 11.9. The molecule has 4 rings (SSSR count). The Bertz CT molecular complexity index is 649. The molecule has 0 saturated carbocycles. The highest BCUT2D eigenvalue weighted by atomic mass is 16.1. The predicted octanol–water partition coefficient (Wildman–Crippen LogP) is 3.30. The summed E-state index contributed by atoms with van der Waals surface area (Å²) in [4.78, 5) is 14.9. The SMILES string of the molecule is O=C1C[C@H]2CN(Cc3ccccc32)[C@H]1c1ccccc1. The maximum Gasteiger partial charge on any atom is 0.155 e. The fourth-order valence-corrected chi connectivity index (χ4v) is 3.70. The van der Waals surface area contributed by atoms with Crippen molar-refractivity contribution >= 4 is 5.78 Å². The zero-order valence-electron chi connectivity index (χ0n) is 11.3. The maximum absolute atomic E-state index is 12.6. The number of fused-ring (bicyclic) bond motifs is 4. The standard InChI is InChI=1S/C18H17NO/c20-17-10-15-12-19(11-14-8-4-5-9-16(14)15)18(17)13-6-2-1-3-7-13/h1-9,15,18H,10-12H2/t15-,18-/m0/s1. The van der Waals surface area contributed by atoms with Gasteiger partial charge in [-0.05, 0) is 16.7 Å². The highest BCUT2D eigenvalue weighted by molar-refractivity contribution is 5.87. The van der Waals surface area contributed by atoms with Gasteiger partial charge < -0.3 is 0 Å². The van der Waals surface area contributed by atoms with E-state index in [1.54, 1.807) is 0 Å². The Morgan fingerprint density at radius 3 is 2.55 bits per heavy atom. The Morgan fingerprint density at radius 2 is 1.70 bits per heavy atom. The van der Waals surface area contributed by atoms with Crippen molar-refractivity contribution in [2.75, 3.05) is 6.54 Å². The molecule has 0 spiro atoms. The van der Waals surface area contributed by atoms with Crippen molar-refractivity contribution in [3.8, 4) is 0 Å². The molecule has 1 fully saturated rings. The van der Waals surface area contributed by atoms with Crippen molar-refractivity contribution in [2.24, 2.45) is 0 Å². The molecule has 2 aliphatic heterocycles. The fraction of sp³-hybridized carbons (Fsp3) is 0.278. The number of carbonyl (C=O) groups is 1. The van der Waals surface area contributed by atoms with Gasteiger partial charge in [0.25, 0.3) is 0 Å². The molecule has 2 nitrogen and oxygen atoms in total. The first-order valence-corrected chi connectivity index (χ1v) is 7.22. The molecule has 2 aromatic carbocycles. The molecule has 0 N–H and O–H groups in total. The third-order valence-corrected chi connectivity index (χ3v) is 4.56. The van der Waals surface area contributed by atoms with E-state index in [0.717, 1.165) is 18.7 Å². The molecule has 2 bridgehead atoms. The van der Waals surface area contributed by atoms with Gasteiger partial charge in [-0.15, -0.1) is 0 Å². The molecule has 3 atom stereocenters. The first-order chi connectivity index (χ1) is 9.83. The summed E-state index contributed by atoms with van der Waals surface area (Å²) in [5.74, 6) is 0.745. The van der Waals surface area contributed by atoms with Gasteiger partial charge in [-0.2, -0.15) is 0 Å². The lowest BCUT2D eigenvalue weighted by Gasteiger charge is -2.43. The van der Waals surface area contributed by atoms with Crippen molar-refractivity contribution < 1.29 is 4.79 Å². The number of nitrogens with zero attached hydrogens (tertiary/aromatic N) is 1. The van der Waals surface area contributed by atoms with Gasteiger partial charge in [0.2, 0.25) is 0 Å². The second-order valence-electron chi connectivity index (χ2n) is 5.81. The van der Waals surface area contributed by atoms with E-state index in [4.69, 9.17) is 0 Å². The average Bonchev–Trinajstić information content (AvgIpc) is 2.48. The maximum atomic E-state index is 12.6. The molecule has 1 saturated heterocycles. The molecule has 0 aliphatic carbocycles. The highest BCUT2D eigenvalue weighted by Gasteiger charge is 2.39. The summed E-state index contributed by atoms with van der Waals surface area (Å²) in [5.41, 5.74) is 3.90. The number of benzene rings is 2. The molecule has 1 unspecified atom stereocenters. The van der Waals surface area contributed by atoms with Gasteiger partial charge in [0.1, 0.15) is 0 Å². The van der Waals surface area contributed by atoms with E-state index in [1.807, 2.05) is 18.2 Å². The third-order valence-electron chi connectivity index (χ3n) is 4.56. The number of Topliss-reactive ketones (excluding diaryl/α,β-unsaturated/α-hetero) is 1. The summed E-state index contributed by atoms with van der Waals surface area (Å²) < 4.78 is 0. The summed E-state index contributed by atoms with van der Waals surface area (Å²) in [6.07, 6.45) is 0.674. The second kappa shape index (κ2) is 4.57. The van der Waals surface area contributed by atoms with E-state index in [0.29, 0.717) is 18.1 Å². The molecular weight excluding hydrogens is 246 g/mol. The van der Waals surface area contributed by atoms with Gasteiger partial charge in [0.05, 0.1) is 6.04 Å². The van der Waals surface area contributed by atoms with E-state index < -0.39 is 0 Å². The number of ketones is 1. The van der Waals surface area contributed by atoms with Crippen LogP contribution in [0.3, 0.4) is 0 Å². The molecule has 100 valence electrons. The van der Waals surface area contributed by atoms with Crippen LogP contribution in [0.15, 0.2) is 54.6 Å². The van der Waals surface area contributed by atoms with Crippen LogP contribution in [0.2, 0.25) is 0 Å². The molecule has 2 heteroatoms. The lowest BCUT2D eigenvalue weighted by atomic mass is 9.79. The third kappa shape index (κ3) is 1.80. The zero-order chi connectivity index (χ0) is 13.5. The van der Waals surface area contributed by atoms with Gasteiger partial charge in [0.15, 0.2) is 5.78 Å². The van der Waals surface area contributed by atoms with Crippen molar-refractivity contribution in [1.29, 1.82) is 0 Å². The van der Waals surface area contributed by atoms with E-state index in [-0.39, 0.29) is 6.04 Å². The Balaban J connectivity index is 1.75. The minimum atomic E-state index is -0.0548. The summed E-state index contributed by atoms with van der Waals surface area (Å²) in [6.45, 7) is 1.89. The summed E-state index contributed by atoms with van der Waals surface area (Å²) in [5, 5.41) is 0. The van der Waals surface area contributed by atoms with E-state index in [2.05, 4.69) is 41.3 Å². The van der Waals surface area contributed by atoms with Crippen molar-refractivity contribution in [2.45, 2.75) is 24.9 Å². The Kier molecular flexibility index (Phi) is 2.71. The Hall–Kier alpha value is -1.93. The van der Waals surface area contributed by atoms with Gasteiger partial charge in [-0.3, -0.25) is 9.69 Å². The molecule has 20 heavy (non-hydrogen) atoms. The van der Waals surface area contributed by atoms with Crippen LogP contribution < -0.4 is 0 Å². The van der Waals surface area contributed by atoms with Gasteiger partial charge in [0, 0.05) is 25.4 Å². The van der Waals surface area contributed by atoms with Crippen LogP contribution in [0.4, 0.5) is 0 Å². The first-order valence-electron chi connectivity index (χ1n) is 7.22. The second-order valence-corrected chi connectivity index (χ2v) is 5.81. The normalized spacial score (nSPS) is 28.0. The molecule has 2 aliphatic rings. The molecule has 2 aromatic rings. The van der Waals surface area contributed by atoms with Crippen LogP contribution in [0, 0.1) is 0 Å². The van der Waals surface area contributed by atoms with Crippen LogP contribution in [0.1, 0.15) is 35.1 Å². The molecule has 0 aromatic heterocycles. The molecular formula is C18H17NO. The van der Waals surface area contributed by atoms with Gasteiger partial charge >= 0.3 is 0 Å². The van der Waals surface area contributed by atoms with Crippen molar-refractivity contribution in [3.63, 3.8) is 0 Å². The van der Waals surface area contributed by atoms with Crippen molar-refractivity contribution in [3.05, 3.63) is 71.3 Å². The van der Waals surface area contributed by atoms with Gasteiger partial charge in [-0.25, -0.2) is 0 Å². The number of rotatable bonds is 1. The van der Waals surface area contributed by atoms with Gasteiger partial charge in [-0.1, -0.05) is 54.6 Å². The molecule has 0 radical (unpaired) electrons. The largest absolute Gasteiger partial charge is 0.298 e. The summed E-state index contributed by atoms with van der Waals surface area (Å²) in [7, 11) is 0.